The van der Waals surface area contributed by atoms with E-state index in [0.29, 0.717) is 12.2 Å². The number of benzene rings is 2. The minimum Gasteiger partial charge on any atom is -0.326 e. The van der Waals surface area contributed by atoms with Crippen LogP contribution in [0.4, 0.5) is 5.69 Å². The van der Waals surface area contributed by atoms with Crippen LogP contribution >= 0.6 is 23.4 Å². The van der Waals surface area contributed by atoms with E-state index >= 15 is 0 Å². The summed E-state index contributed by atoms with van der Waals surface area (Å²) >= 11 is 7.66. The standard InChI is InChI=1S/C16H16ClNOS/c1-12-6-8-13(9-7-12)18-16(19)10-11-20-15-5-3-2-4-14(15)17/h2-9H,10-11H2,1H3,(H,18,19). The number of halogens is 1. The summed E-state index contributed by atoms with van der Waals surface area (Å²) in [4.78, 5) is 12.8. The molecule has 0 aromatic heterocycles. The third-order valence-electron chi connectivity index (χ3n) is 2.76. The quantitative estimate of drug-likeness (QED) is 0.806. The molecule has 2 aromatic rings. The Kier molecular flexibility index (Phi) is 5.50. The molecule has 2 rings (SSSR count). The van der Waals surface area contributed by atoms with Crippen LogP contribution in [-0.4, -0.2) is 11.7 Å². The summed E-state index contributed by atoms with van der Waals surface area (Å²) in [6.07, 6.45) is 0.462. The van der Waals surface area contributed by atoms with E-state index < -0.39 is 0 Å². The maximum absolute atomic E-state index is 11.8. The van der Waals surface area contributed by atoms with Crippen molar-refractivity contribution in [2.45, 2.75) is 18.2 Å². The lowest BCUT2D eigenvalue weighted by Gasteiger charge is -2.06. The van der Waals surface area contributed by atoms with E-state index in [4.69, 9.17) is 11.6 Å². The second-order valence-corrected chi connectivity index (χ2v) is 5.99. The summed E-state index contributed by atoms with van der Waals surface area (Å²) in [5.41, 5.74) is 2.01. The zero-order valence-corrected chi connectivity index (χ0v) is 12.8. The van der Waals surface area contributed by atoms with Gasteiger partial charge in [-0.05, 0) is 31.2 Å². The molecule has 0 saturated carbocycles. The Hall–Kier alpha value is -1.45. The topological polar surface area (TPSA) is 29.1 Å². The average molecular weight is 306 g/mol. The Labute approximate surface area is 128 Å². The number of amides is 1. The molecule has 1 N–H and O–H groups in total. The molecular weight excluding hydrogens is 290 g/mol. The van der Waals surface area contributed by atoms with Crippen LogP contribution in [0.3, 0.4) is 0 Å². The highest BCUT2D eigenvalue weighted by atomic mass is 35.5. The van der Waals surface area contributed by atoms with Gasteiger partial charge >= 0.3 is 0 Å². The molecule has 0 radical (unpaired) electrons. The van der Waals surface area contributed by atoms with Crippen molar-refractivity contribution in [2.24, 2.45) is 0 Å². The Balaban J connectivity index is 1.78. The molecule has 2 aromatic carbocycles. The fraction of sp³-hybridized carbons (Fsp3) is 0.188. The van der Waals surface area contributed by atoms with Gasteiger partial charge in [0.25, 0.3) is 0 Å². The second-order valence-electron chi connectivity index (χ2n) is 4.44. The van der Waals surface area contributed by atoms with Gasteiger partial charge in [-0.15, -0.1) is 11.8 Å². The van der Waals surface area contributed by atoms with Gasteiger partial charge in [-0.25, -0.2) is 0 Å². The van der Waals surface area contributed by atoms with Gasteiger partial charge in [0, 0.05) is 22.8 Å². The molecule has 104 valence electrons. The molecular formula is C16H16ClNOS. The molecule has 0 unspecified atom stereocenters. The third kappa shape index (κ3) is 4.58. The molecule has 0 atom stereocenters. The van der Waals surface area contributed by atoms with Crippen molar-refractivity contribution in [1.82, 2.24) is 0 Å². The summed E-state index contributed by atoms with van der Waals surface area (Å²) in [6, 6.07) is 15.4. The van der Waals surface area contributed by atoms with Crippen molar-refractivity contribution in [3.05, 3.63) is 59.1 Å². The predicted molar refractivity (Wildman–Crippen MR) is 86.6 cm³/mol. The lowest BCUT2D eigenvalue weighted by atomic mass is 10.2. The molecule has 0 spiro atoms. The monoisotopic (exact) mass is 305 g/mol. The fourth-order valence-corrected chi connectivity index (χ4v) is 2.86. The molecule has 0 saturated heterocycles. The zero-order valence-electron chi connectivity index (χ0n) is 11.2. The molecule has 2 nitrogen and oxygen atoms in total. The molecule has 0 aliphatic heterocycles. The van der Waals surface area contributed by atoms with Crippen molar-refractivity contribution in [1.29, 1.82) is 0 Å². The number of hydrogen-bond donors (Lipinski definition) is 1. The van der Waals surface area contributed by atoms with Gasteiger partial charge in [-0.2, -0.15) is 0 Å². The van der Waals surface area contributed by atoms with Gasteiger partial charge < -0.3 is 5.32 Å². The number of rotatable bonds is 5. The smallest absolute Gasteiger partial charge is 0.225 e. The summed E-state index contributed by atoms with van der Waals surface area (Å²) in [5, 5.41) is 3.62. The van der Waals surface area contributed by atoms with E-state index in [9.17, 15) is 4.79 Å². The normalized spacial score (nSPS) is 10.3. The SMILES string of the molecule is Cc1ccc(NC(=O)CCSc2ccccc2Cl)cc1. The number of nitrogens with one attached hydrogen (secondary N) is 1. The molecule has 0 aliphatic rings. The van der Waals surface area contributed by atoms with Crippen LogP contribution in [0.5, 0.6) is 0 Å². The summed E-state index contributed by atoms with van der Waals surface area (Å²) in [7, 11) is 0. The first-order valence-corrected chi connectivity index (χ1v) is 7.75. The van der Waals surface area contributed by atoms with Crippen molar-refractivity contribution in [3.8, 4) is 0 Å². The largest absolute Gasteiger partial charge is 0.326 e. The molecule has 0 fully saturated rings. The number of thioether (sulfide) groups is 1. The average Bonchev–Trinajstić information content (AvgIpc) is 2.43. The highest BCUT2D eigenvalue weighted by molar-refractivity contribution is 7.99. The van der Waals surface area contributed by atoms with E-state index in [2.05, 4.69) is 5.32 Å². The van der Waals surface area contributed by atoms with Crippen LogP contribution in [0.2, 0.25) is 5.02 Å². The number of carbonyl (C=O) groups excluding carboxylic acids is 1. The minimum atomic E-state index is 0.0217. The Morgan fingerprint density at radius 1 is 1.15 bits per heavy atom. The first kappa shape index (κ1) is 14.9. The van der Waals surface area contributed by atoms with E-state index in [-0.39, 0.29) is 5.91 Å². The van der Waals surface area contributed by atoms with Crippen molar-refractivity contribution >= 4 is 35.0 Å². The van der Waals surface area contributed by atoms with Crippen LogP contribution in [0.25, 0.3) is 0 Å². The third-order valence-corrected chi connectivity index (χ3v) is 4.28. The van der Waals surface area contributed by atoms with Crippen LogP contribution in [-0.2, 0) is 4.79 Å². The Morgan fingerprint density at radius 3 is 2.55 bits per heavy atom. The molecule has 0 aliphatic carbocycles. The van der Waals surface area contributed by atoms with Gasteiger partial charge in [0.05, 0.1) is 5.02 Å². The second kappa shape index (κ2) is 7.36. The molecule has 20 heavy (non-hydrogen) atoms. The van der Waals surface area contributed by atoms with E-state index in [1.165, 1.54) is 5.56 Å². The van der Waals surface area contributed by atoms with E-state index in [1.807, 2.05) is 55.5 Å². The van der Waals surface area contributed by atoms with Crippen LogP contribution in [0.1, 0.15) is 12.0 Å². The lowest BCUT2D eigenvalue weighted by molar-refractivity contribution is -0.115. The zero-order chi connectivity index (χ0) is 14.4. The first-order valence-electron chi connectivity index (χ1n) is 6.39. The van der Waals surface area contributed by atoms with Crippen LogP contribution in [0, 0.1) is 6.92 Å². The summed E-state index contributed by atoms with van der Waals surface area (Å²) in [5.74, 6) is 0.731. The number of hydrogen-bond acceptors (Lipinski definition) is 2. The van der Waals surface area contributed by atoms with Crippen molar-refractivity contribution < 1.29 is 4.79 Å². The number of anilines is 1. The highest BCUT2D eigenvalue weighted by Gasteiger charge is 2.04. The fourth-order valence-electron chi connectivity index (χ4n) is 1.68. The van der Waals surface area contributed by atoms with E-state index in [0.717, 1.165) is 15.6 Å². The Bertz CT molecular complexity index is 583. The number of carbonyl (C=O) groups is 1. The van der Waals surface area contributed by atoms with Gasteiger partial charge in [0.1, 0.15) is 0 Å². The van der Waals surface area contributed by atoms with Gasteiger partial charge in [0.15, 0.2) is 0 Å². The highest BCUT2D eigenvalue weighted by Crippen LogP contribution is 2.26. The van der Waals surface area contributed by atoms with Gasteiger partial charge in [-0.3, -0.25) is 4.79 Å². The first-order chi connectivity index (χ1) is 9.65. The molecule has 4 heteroatoms. The minimum absolute atomic E-state index is 0.0217. The summed E-state index contributed by atoms with van der Waals surface area (Å²) in [6.45, 7) is 2.02. The molecule has 0 bridgehead atoms. The van der Waals surface area contributed by atoms with E-state index in [1.54, 1.807) is 11.8 Å². The lowest BCUT2D eigenvalue weighted by Crippen LogP contribution is -2.12. The van der Waals surface area contributed by atoms with Crippen LogP contribution < -0.4 is 5.32 Å². The van der Waals surface area contributed by atoms with Crippen LogP contribution in [0.15, 0.2) is 53.4 Å². The van der Waals surface area contributed by atoms with Gasteiger partial charge in [-0.1, -0.05) is 41.4 Å². The molecule has 0 heterocycles. The van der Waals surface area contributed by atoms with Crippen molar-refractivity contribution in [3.63, 3.8) is 0 Å². The maximum Gasteiger partial charge on any atom is 0.225 e. The van der Waals surface area contributed by atoms with Crippen molar-refractivity contribution in [2.75, 3.05) is 11.1 Å². The molecule has 1 amide bonds. The number of aryl methyl sites for hydroxylation is 1. The maximum atomic E-state index is 11.8. The van der Waals surface area contributed by atoms with Gasteiger partial charge in [0.2, 0.25) is 5.91 Å². The predicted octanol–water partition coefficient (Wildman–Crippen LogP) is 4.77. The Morgan fingerprint density at radius 2 is 1.85 bits per heavy atom. The summed E-state index contributed by atoms with van der Waals surface area (Å²) < 4.78 is 0.